The van der Waals surface area contributed by atoms with Gasteiger partial charge in [-0.3, -0.25) is 9.80 Å². The summed E-state index contributed by atoms with van der Waals surface area (Å²) in [7, 11) is 3.83. The standard InChI is InChI=1S/C24H42N4O3/c1-4-8-26-13-15-28(16-14-26)18-21-6-7-23(30-3)24(17-21)31-20-22(29)19-27-10-5-9-25(2)11-12-27/h6-7,17,22,29H,4-5,8-16,18-20H2,1-3H3. The molecule has 2 heterocycles. The minimum Gasteiger partial charge on any atom is -0.493 e. The van der Waals surface area contributed by atoms with E-state index in [2.05, 4.69) is 45.7 Å². The lowest BCUT2D eigenvalue weighted by Gasteiger charge is -2.34. The maximum atomic E-state index is 10.5. The second-order valence-corrected chi connectivity index (χ2v) is 9.03. The van der Waals surface area contributed by atoms with Crippen LogP contribution in [0.2, 0.25) is 0 Å². The number of ether oxygens (including phenoxy) is 2. The van der Waals surface area contributed by atoms with E-state index in [0.717, 1.165) is 76.8 Å². The summed E-state index contributed by atoms with van der Waals surface area (Å²) in [6, 6.07) is 6.17. The van der Waals surface area contributed by atoms with Crippen molar-refractivity contribution in [1.82, 2.24) is 19.6 Å². The molecule has 2 aliphatic rings. The van der Waals surface area contributed by atoms with Gasteiger partial charge < -0.3 is 24.4 Å². The lowest BCUT2D eigenvalue weighted by atomic mass is 10.1. The molecule has 0 spiro atoms. The van der Waals surface area contributed by atoms with Crippen molar-refractivity contribution in [2.45, 2.75) is 32.4 Å². The molecule has 0 aliphatic carbocycles. The molecular weight excluding hydrogens is 392 g/mol. The van der Waals surface area contributed by atoms with Gasteiger partial charge in [0.15, 0.2) is 11.5 Å². The normalized spacial score (nSPS) is 21.0. The van der Waals surface area contributed by atoms with Gasteiger partial charge in [0.05, 0.1) is 7.11 Å². The minimum absolute atomic E-state index is 0.280. The predicted octanol–water partition coefficient (Wildman–Crippen LogP) is 1.60. The van der Waals surface area contributed by atoms with Crippen LogP contribution in [0.4, 0.5) is 0 Å². The smallest absolute Gasteiger partial charge is 0.161 e. The molecule has 1 unspecified atom stereocenters. The predicted molar refractivity (Wildman–Crippen MR) is 125 cm³/mol. The topological polar surface area (TPSA) is 51.7 Å². The maximum absolute atomic E-state index is 10.5. The fourth-order valence-corrected chi connectivity index (χ4v) is 4.50. The molecular formula is C24H42N4O3. The molecule has 1 aromatic rings. The highest BCUT2D eigenvalue weighted by atomic mass is 16.5. The number of benzene rings is 1. The van der Waals surface area contributed by atoms with Gasteiger partial charge in [-0.25, -0.2) is 0 Å². The van der Waals surface area contributed by atoms with Gasteiger partial charge in [0, 0.05) is 52.4 Å². The van der Waals surface area contributed by atoms with E-state index in [-0.39, 0.29) is 6.61 Å². The van der Waals surface area contributed by atoms with Crippen molar-refractivity contribution in [3.05, 3.63) is 23.8 Å². The average Bonchev–Trinajstić information content (AvgIpc) is 2.98. The Bertz CT molecular complexity index is 652. The largest absolute Gasteiger partial charge is 0.493 e. The fourth-order valence-electron chi connectivity index (χ4n) is 4.50. The molecule has 1 atom stereocenters. The highest BCUT2D eigenvalue weighted by molar-refractivity contribution is 5.43. The van der Waals surface area contributed by atoms with Crippen molar-refractivity contribution in [3.63, 3.8) is 0 Å². The van der Waals surface area contributed by atoms with E-state index in [0.29, 0.717) is 6.54 Å². The van der Waals surface area contributed by atoms with E-state index in [9.17, 15) is 5.11 Å². The zero-order valence-electron chi connectivity index (χ0n) is 19.8. The fraction of sp³-hybridized carbons (Fsp3) is 0.750. The summed E-state index contributed by atoms with van der Waals surface area (Å²) in [6.07, 6.45) is 1.86. The molecule has 0 saturated carbocycles. The number of aliphatic hydroxyl groups is 1. The molecule has 176 valence electrons. The van der Waals surface area contributed by atoms with Gasteiger partial charge in [-0.05, 0) is 57.2 Å². The number of aliphatic hydroxyl groups excluding tert-OH is 1. The van der Waals surface area contributed by atoms with Crippen molar-refractivity contribution in [3.8, 4) is 11.5 Å². The SMILES string of the molecule is CCCN1CCN(Cc2ccc(OC)c(OCC(O)CN3CCCN(C)CC3)c2)CC1. The minimum atomic E-state index is -0.511. The third kappa shape index (κ3) is 7.91. The highest BCUT2D eigenvalue weighted by Gasteiger charge is 2.19. The number of piperazine rings is 1. The average molecular weight is 435 g/mol. The molecule has 0 aromatic heterocycles. The Morgan fingerprint density at radius 2 is 1.68 bits per heavy atom. The Balaban J connectivity index is 1.49. The van der Waals surface area contributed by atoms with E-state index in [4.69, 9.17) is 9.47 Å². The molecule has 3 rings (SSSR count). The monoisotopic (exact) mass is 434 g/mol. The number of hydrogen-bond acceptors (Lipinski definition) is 7. The Morgan fingerprint density at radius 1 is 0.935 bits per heavy atom. The zero-order valence-corrected chi connectivity index (χ0v) is 19.8. The Morgan fingerprint density at radius 3 is 2.42 bits per heavy atom. The van der Waals surface area contributed by atoms with Crippen LogP contribution in [0.15, 0.2) is 18.2 Å². The summed E-state index contributed by atoms with van der Waals surface area (Å²) in [5.41, 5.74) is 1.23. The Kier molecular flexibility index (Phi) is 9.87. The van der Waals surface area contributed by atoms with Gasteiger partial charge in [-0.1, -0.05) is 13.0 Å². The maximum Gasteiger partial charge on any atom is 0.161 e. The van der Waals surface area contributed by atoms with E-state index in [1.807, 2.05) is 6.07 Å². The van der Waals surface area contributed by atoms with Gasteiger partial charge in [0.1, 0.15) is 12.7 Å². The van der Waals surface area contributed by atoms with Crippen molar-refractivity contribution >= 4 is 0 Å². The van der Waals surface area contributed by atoms with E-state index in [1.54, 1.807) is 7.11 Å². The summed E-state index contributed by atoms with van der Waals surface area (Å²) in [5, 5.41) is 10.5. The van der Waals surface area contributed by atoms with E-state index in [1.165, 1.54) is 18.5 Å². The van der Waals surface area contributed by atoms with Gasteiger partial charge >= 0.3 is 0 Å². The first kappa shape index (κ1) is 24.3. The molecule has 2 fully saturated rings. The quantitative estimate of drug-likeness (QED) is 0.600. The van der Waals surface area contributed by atoms with Gasteiger partial charge in [-0.2, -0.15) is 0 Å². The first-order chi connectivity index (χ1) is 15.1. The van der Waals surface area contributed by atoms with Crippen molar-refractivity contribution in [2.24, 2.45) is 0 Å². The summed E-state index contributed by atoms with van der Waals surface area (Å²) in [4.78, 5) is 9.73. The van der Waals surface area contributed by atoms with Crippen LogP contribution in [0.1, 0.15) is 25.3 Å². The molecule has 0 radical (unpaired) electrons. The number of nitrogens with zero attached hydrogens (tertiary/aromatic N) is 4. The molecule has 1 aromatic carbocycles. The number of β-amino-alcohol motifs (C(OH)–C–C–N with tert-alkyl or cyclic N) is 1. The summed E-state index contributed by atoms with van der Waals surface area (Å²) < 4.78 is 11.5. The van der Waals surface area contributed by atoms with Crippen LogP contribution in [0, 0.1) is 0 Å². The van der Waals surface area contributed by atoms with Crippen molar-refractivity contribution in [2.75, 3.05) is 86.2 Å². The molecule has 0 bridgehead atoms. The highest BCUT2D eigenvalue weighted by Crippen LogP contribution is 2.29. The number of methoxy groups -OCH3 is 1. The summed E-state index contributed by atoms with van der Waals surface area (Å²) in [6.45, 7) is 14.0. The van der Waals surface area contributed by atoms with Crippen LogP contribution in [0.5, 0.6) is 11.5 Å². The molecule has 1 N–H and O–H groups in total. The van der Waals surface area contributed by atoms with E-state index >= 15 is 0 Å². The molecule has 0 amide bonds. The summed E-state index contributed by atoms with van der Waals surface area (Å²) >= 11 is 0. The van der Waals surface area contributed by atoms with Crippen molar-refractivity contribution in [1.29, 1.82) is 0 Å². The first-order valence-corrected chi connectivity index (χ1v) is 11.9. The molecule has 2 aliphatic heterocycles. The van der Waals surface area contributed by atoms with E-state index < -0.39 is 6.10 Å². The number of rotatable bonds is 10. The first-order valence-electron chi connectivity index (χ1n) is 11.9. The second-order valence-electron chi connectivity index (χ2n) is 9.03. The van der Waals surface area contributed by atoms with Gasteiger partial charge in [0.25, 0.3) is 0 Å². The molecule has 7 nitrogen and oxygen atoms in total. The lowest BCUT2D eigenvalue weighted by molar-refractivity contribution is 0.0685. The second kappa shape index (κ2) is 12.6. The van der Waals surface area contributed by atoms with Gasteiger partial charge in [0.2, 0.25) is 0 Å². The van der Waals surface area contributed by atoms with Crippen LogP contribution >= 0.6 is 0 Å². The third-order valence-electron chi connectivity index (χ3n) is 6.35. The number of hydrogen-bond donors (Lipinski definition) is 1. The van der Waals surface area contributed by atoms with Crippen LogP contribution in [0.3, 0.4) is 0 Å². The van der Waals surface area contributed by atoms with Crippen LogP contribution in [0.25, 0.3) is 0 Å². The zero-order chi connectivity index (χ0) is 22.1. The Labute approximate surface area is 188 Å². The molecule has 2 saturated heterocycles. The Hall–Kier alpha value is -1.38. The third-order valence-corrected chi connectivity index (χ3v) is 6.35. The van der Waals surface area contributed by atoms with Crippen LogP contribution < -0.4 is 9.47 Å². The summed E-state index contributed by atoms with van der Waals surface area (Å²) in [5.74, 6) is 1.44. The molecule has 31 heavy (non-hydrogen) atoms. The van der Waals surface area contributed by atoms with Crippen LogP contribution in [-0.4, -0.2) is 117 Å². The lowest BCUT2D eigenvalue weighted by Crippen LogP contribution is -2.45. The molecule has 7 heteroatoms. The number of likely N-dealkylation sites (N-methyl/N-ethyl adjacent to an activating group) is 1. The van der Waals surface area contributed by atoms with Crippen molar-refractivity contribution < 1.29 is 14.6 Å². The van der Waals surface area contributed by atoms with Gasteiger partial charge in [-0.15, -0.1) is 0 Å². The van der Waals surface area contributed by atoms with Crippen LogP contribution in [-0.2, 0) is 6.54 Å².